The largest absolute Gasteiger partial charge is 0.376 e. The van der Waals surface area contributed by atoms with Crippen molar-refractivity contribution in [3.63, 3.8) is 0 Å². The second-order valence-electron chi connectivity index (χ2n) is 4.72. The summed E-state index contributed by atoms with van der Waals surface area (Å²) in [6.45, 7) is 4.11. The van der Waals surface area contributed by atoms with Crippen LogP contribution in [0.25, 0.3) is 0 Å². The van der Waals surface area contributed by atoms with Gasteiger partial charge in [0.25, 0.3) is 0 Å². The van der Waals surface area contributed by atoms with E-state index in [4.69, 9.17) is 4.74 Å². The van der Waals surface area contributed by atoms with E-state index in [0.29, 0.717) is 6.10 Å². The summed E-state index contributed by atoms with van der Waals surface area (Å²) in [5.74, 6) is 0. The van der Waals surface area contributed by atoms with Gasteiger partial charge < -0.3 is 10.1 Å². The van der Waals surface area contributed by atoms with Crippen molar-refractivity contribution in [3.8, 4) is 0 Å². The van der Waals surface area contributed by atoms with Crippen molar-refractivity contribution in [1.29, 1.82) is 0 Å². The topological polar surface area (TPSA) is 39.1 Å². The smallest absolute Gasteiger partial charge is 0.0785 e. The first-order chi connectivity index (χ1) is 8.33. The Hall–Kier alpha value is -0.870. The highest BCUT2D eigenvalue weighted by atomic mass is 16.5. The predicted octanol–water partition coefficient (Wildman–Crippen LogP) is 2.03. The fourth-order valence-electron chi connectivity index (χ4n) is 2.44. The molecular weight excluding hydrogens is 214 g/mol. The average Bonchev–Trinajstić information content (AvgIpc) is 2.78. The molecule has 17 heavy (non-hydrogen) atoms. The van der Waals surface area contributed by atoms with Gasteiger partial charge in [0.1, 0.15) is 0 Å². The normalized spacial score (nSPS) is 22.6. The Morgan fingerprint density at radius 1 is 1.59 bits per heavy atom. The summed E-state index contributed by atoms with van der Waals surface area (Å²) in [5.41, 5.74) is 1.23. The molecule has 0 saturated carbocycles. The molecule has 2 unspecified atom stereocenters. The van der Waals surface area contributed by atoms with Crippen molar-refractivity contribution in [2.75, 3.05) is 13.2 Å². The van der Waals surface area contributed by atoms with Crippen LogP contribution < -0.4 is 5.32 Å². The Morgan fingerprint density at radius 2 is 2.47 bits per heavy atom. The standard InChI is InChI=1S/C13H23N3O/c1-3-8-14-13(11-7-9-15-16(11)2)12-6-4-5-10-17-12/h7,9,12-14H,3-6,8,10H2,1-2H3. The van der Waals surface area contributed by atoms with Crippen LogP contribution in [0.3, 0.4) is 0 Å². The first-order valence-electron chi connectivity index (χ1n) is 6.65. The zero-order valence-electron chi connectivity index (χ0n) is 10.9. The summed E-state index contributed by atoms with van der Waals surface area (Å²) < 4.78 is 7.86. The molecule has 1 saturated heterocycles. The Kier molecular flexibility index (Phi) is 4.57. The number of nitrogens with zero attached hydrogens (tertiary/aromatic N) is 2. The molecule has 1 fully saturated rings. The van der Waals surface area contributed by atoms with E-state index in [9.17, 15) is 0 Å². The molecule has 1 aliphatic heterocycles. The van der Waals surface area contributed by atoms with Crippen molar-refractivity contribution in [3.05, 3.63) is 18.0 Å². The lowest BCUT2D eigenvalue weighted by molar-refractivity contribution is -0.00978. The van der Waals surface area contributed by atoms with Gasteiger partial charge in [0.05, 0.1) is 17.8 Å². The van der Waals surface area contributed by atoms with Crippen LogP contribution in [-0.4, -0.2) is 29.0 Å². The Labute approximate surface area is 103 Å². The predicted molar refractivity (Wildman–Crippen MR) is 67.8 cm³/mol. The summed E-state index contributed by atoms with van der Waals surface area (Å²) in [6.07, 6.45) is 6.91. The molecule has 0 spiro atoms. The quantitative estimate of drug-likeness (QED) is 0.851. The van der Waals surface area contributed by atoms with Gasteiger partial charge in [-0.2, -0.15) is 5.10 Å². The third kappa shape index (κ3) is 3.07. The van der Waals surface area contributed by atoms with Crippen LogP contribution in [-0.2, 0) is 11.8 Å². The molecule has 2 rings (SSSR count). The summed E-state index contributed by atoms with van der Waals surface area (Å²) >= 11 is 0. The molecule has 0 radical (unpaired) electrons. The van der Waals surface area contributed by atoms with Crippen molar-refractivity contribution in [2.45, 2.75) is 44.8 Å². The molecular formula is C13H23N3O. The van der Waals surface area contributed by atoms with Gasteiger partial charge in [-0.15, -0.1) is 0 Å². The molecule has 0 aliphatic carbocycles. The molecule has 1 aliphatic rings. The lowest BCUT2D eigenvalue weighted by Gasteiger charge is -2.31. The number of aryl methyl sites for hydroxylation is 1. The minimum Gasteiger partial charge on any atom is -0.376 e. The van der Waals surface area contributed by atoms with E-state index >= 15 is 0 Å². The summed E-state index contributed by atoms with van der Waals surface area (Å²) in [4.78, 5) is 0. The van der Waals surface area contributed by atoms with Crippen LogP contribution in [0.4, 0.5) is 0 Å². The maximum Gasteiger partial charge on any atom is 0.0785 e. The fraction of sp³-hybridized carbons (Fsp3) is 0.769. The van der Waals surface area contributed by atoms with Crippen LogP contribution in [0.1, 0.15) is 44.3 Å². The van der Waals surface area contributed by atoms with E-state index in [1.54, 1.807) is 0 Å². The number of ether oxygens (including phenoxy) is 1. The van der Waals surface area contributed by atoms with Crippen LogP contribution in [0.15, 0.2) is 12.3 Å². The zero-order valence-corrected chi connectivity index (χ0v) is 10.9. The summed E-state index contributed by atoms with van der Waals surface area (Å²) in [6, 6.07) is 2.37. The van der Waals surface area contributed by atoms with Gasteiger partial charge in [-0.25, -0.2) is 0 Å². The Morgan fingerprint density at radius 3 is 3.06 bits per heavy atom. The van der Waals surface area contributed by atoms with Gasteiger partial charge >= 0.3 is 0 Å². The third-order valence-electron chi connectivity index (χ3n) is 3.38. The minimum absolute atomic E-state index is 0.280. The lowest BCUT2D eigenvalue weighted by atomic mass is 9.99. The van der Waals surface area contributed by atoms with Crippen molar-refractivity contribution >= 4 is 0 Å². The van der Waals surface area contributed by atoms with Crippen LogP contribution in [0.2, 0.25) is 0 Å². The monoisotopic (exact) mass is 237 g/mol. The molecule has 0 aromatic carbocycles. The Balaban J connectivity index is 2.09. The summed E-state index contributed by atoms with van der Waals surface area (Å²) in [5, 5.41) is 7.86. The van der Waals surface area contributed by atoms with Crippen LogP contribution in [0, 0.1) is 0 Å². The average molecular weight is 237 g/mol. The van der Waals surface area contributed by atoms with E-state index in [2.05, 4.69) is 23.4 Å². The van der Waals surface area contributed by atoms with Gasteiger partial charge in [-0.3, -0.25) is 4.68 Å². The number of rotatable bonds is 5. The van der Waals surface area contributed by atoms with E-state index < -0.39 is 0 Å². The highest BCUT2D eigenvalue weighted by molar-refractivity contribution is 5.09. The van der Waals surface area contributed by atoms with Crippen LogP contribution >= 0.6 is 0 Å². The number of nitrogens with one attached hydrogen (secondary N) is 1. The van der Waals surface area contributed by atoms with Gasteiger partial charge in [0, 0.05) is 19.9 Å². The molecule has 1 aromatic rings. The lowest BCUT2D eigenvalue weighted by Crippen LogP contribution is -2.37. The van der Waals surface area contributed by atoms with Crippen molar-refractivity contribution in [1.82, 2.24) is 15.1 Å². The number of hydrogen-bond donors (Lipinski definition) is 1. The van der Waals surface area contributed by atoms with Gasteiger partial charge in [0.15, 0.2) is 0 Å². The molecule has 1 N–H and O–H groups in total. The maximum atomic E-state index is 5.91. The second kappa shape index (κ2) is 6.17. The number of hydrogen-bond acceptors (Lipinski definition) is 3. The summed E-state index contributed by atoms with van der Waals surface area (Å²) in [7, 11) is 2.00. The minimum atomic E-state index is 0.280. The van der Waals surface area contributed by atoms with Gasteiger partial charge in [0.2, 0.25) is 0 Å². The SMILES string of the molecule is CCCNC(c1ccnn1C)C1CCCCO1. The Bertz CT molecular complexity index is 331. The maximum absolute atomic E-state index is 5.91. The molecule has 0 bridgehead atoms. The molecule has 0 amide bonds. The molecule has 2 heterocycles. The zero-order chi connectivity index (χ0) is 12.1. The van der Waals surface area contributed by atoms with Gasteiger partial charge in [-0.05, 0) is 38.3 Å². The van der Waals surface area contributed by atoms with E-state index in [1.165, 1.54) is 18.5 Å². The molecule has 4 heteroatoms. The van der Waals surface area contributed by atoms with Crippen molar-refractivity contribution in [2.24, 2.45) is 7.05 Å². The third-order valence-corrected chi connectivity index (χ3v) is 3.38. The van der Waals surface area contributed by atoms with Crippen molar-refractivity contribution < 1.29 is 4.74 Å². The first-order valence-corrected chi connectivity index (χ1v) is 6.65. The van der Waals surface area contributed by atoms with E-state index in [1.807, 2.05) is 17.9 Å². The molecule has 2 atom stereocenters. The molecule has 96 valence electrons. The number of aromatic nitrogens is 2. The molecule has 4 nitrogen and oxygen atoms in total. The molecule has 1 aromatic heterocycles. The fourth-order valence-corrected chi connectivity index (χ4v) is 2.44. The second-order valence-corrected chi connectivity index (χ2v) is 4.72. The first kappa shape index (κ1) is 12.6. The van der Waals surface area contributed by atoms with E-state index in [-0.39, 0.29) is 6.04 Å². The highest BCUT2D eigenvalue weighted by Gasteiger charge is 2.27. The van der Waals surface area contributed by atoms with E-state index in [0.717, 1.165) is 26.0 Å². The van der Waals surface area contributed by atoms with Crippen LogP contribution in [0.5, 0.6) is 0 Å². The van der Waals surface area contributed by atoms with Gasteiger partial charge in [-0.1, -0.05) is 6.92 Å². The highest BCUT2D eigenvalue weighted by Crippen LogP contribution is 2.26.